The number of nitrogens with zero attached hydrogens (tertiary/aromatic N) is 2. The first-order valence-electron chi connectivity index (χ1n) is 7.30. The summed E-state index contributed by atoms with van der Waals surface area (Å²) >= 11 is 0. The molecule has 0 spiro atoms. The molecule has 0 aromatic carbocycles. The van der Waals surface area contributed by atoms with Crippen LogP contribution in [-0.2, 0) is 13.1 Å². The van der Waals surface area contributed by atoms with Gasteiger partial charge in [-0.25, -0.2) is 0 Å². The molecule has 0 saturated carbocycles. The van der Waals surface area contributed by atoms with Crippen LogP contribution in [0.25, 0.3) is 0 Å². The van der Waals surface area contributed by atoms with E-state index in [1.54, 1.807) is 6.26 Å². The van der Waals surface area contributed by atoms with E-state index in [1.165, 1.54) is 12.0 Å². The van der Waals surface area contributed by atoms with Gasteiger partial charge in [0.1, 0.15) is 5.76 Å². The molecule has 1 heterocycles. The maximum Gasteiger partial charge on any atom is 0.122 e. The lowest BCUT2D eigenvalue weighted by molar-refractivity contribution is 0.217. The van der Waals surface area contributed by atoms with E-state index in [0.717, 1.165) is 45.0 Å². The maximum absolute atomic E-state index is 5.65. The van der Waals surface area contributed by atoms with Gasteiger partial charge in [-0.3, -0.25) is 4.90 Å². The number of nitrogens with one attached hydrogen (secondary N) is 1. The quantitative estimate of drug-likeness (QED) is 0.704. The SMILES string of the molecule is CCCN(CCN(C)C)Cc1occc1CNCC. The van der Waals surface area contributed by atoms with Gasteiger partial charge in [0, 0.05) is 25.2 Å². The third-order valence-corrected chi connectivity index (χ3v) is 3.17. The zero-order valence-electron chi connectivity index (χ0n) is 12.9. The van der Waals surface area contributed by atoms with Gasteiger partial charge in [0.25, 0.3) is 0 Å². The summed E-state index contributed by atoms with van der Waals surface area (Å²) in [5.74, 6) is 1.10. The molecule has 1 rings (SSSR count). The molecule has 0 fully saturated rings. The molecule has 4 heteroatoms. The first kappa shape index (κ1) is 16.2. The van der Waals surface area contributed by atoms with Crippen LogP contribution in [-0.4, -0.2) is 50.1 Å². The predicted octanol–water partition coefficient (Wildman–Crippen LogP) is 2.16. The van der Waals surface area contributed by atoms with Crippen LogP contribution in [0.15, 0.2) is 16.7 Å². The second kappa shape index (κ2) is 9.13. The molecule has 0 unspecified atom stereocenters. The van der Waals surface area contributed by atoms with Crippen LogP contribution in [0.3, 0.4) is 0 Å². The lowest BCUT2D eigenvalue weighted by Crippen LogP contribution is -2.32. The van der Waals surface area contributed by atoms with Gasteiger partial charge in [-0.15, -0.1) is 0 Å². The van der Waals surface area contributed by atoms with Crippen LogP contribution in [0.2, 0.25) is 0 Å². The molecule has 0 aliphatic carbocycles. The summed E-state index contributed by atoms with van der Waals surface area (Å²) in [5, 5.41) is 3.36. The van der Waals surface area contributed by atoms with E-state index in [1.807, 2.05) is 0 Å². The molecular formula is C15H29N3O. The van der Waals surface area contributed by atoms with Gasteiger partial charge < -0.3 is 14.6 Å². The second-order valence-corrected chi connectivity index (χ2v) is 5.23. The fourth-order valence-corrected chi connectivity index (χ4v) is 2.05. The zero-order chi connectivity index (χ0) is 14.1. The molecule has 0 radical (unpaired) electrons. The highest BCUT2D eigenvalue weighted by molar-refractivity contribution is 5.16. The minimum absolute atomic E-state index is 0.899. The first-order valence-corrected chi connectivity index (χ1v) is 7.30. The zero-order valence-corrected chi connectivity index (χ0v) is 12.9. The van der Waals surface area contributed by atoms with Crippen molar-refractivity contribution < 1.29 is 4.42 Å². The Morgan fingerprint density at radius 3 is 2.58 bits per heavy atom. The standard InChI is InChI=1S/C15H29N3O/c1-5-8-18(10-9-17(3)4)13-15-14(7-11-19-15)12-16-6-2/h7,11,16H,5-6,8-10,12-13H2,1-4H3. The van der Waals surface area contributed by atoms with E-state index in [0.29, 0.717) is 0 Å². The molecule has 1 aromatic rings. The molecule has 0 aliphatic heterocycles. The highest BCUT2D eigenvalue weighted by Gasteiger charge is 2.11. The average molecular weight is 267 g/mol. The highest BCUT2D eigenvalue weighted by Crippen LogP contribution is 2.13. The number of furan rings is 1. The Bertz CT molecular complexity index is 336. The predicted molar refractivity (Wildman–Crippen MR) is 80.2 cm³/mol. The van der Waals surface area contributed by atoms with Crippen molar-refractivity contribution in [3.05, 3.63) is 23.7 Å². The van der Waals surface area contributed by atoms with Gasteiger partial charge >= 0.3 is 0 Å². The summed E-state index contributed by atoms with van der Waals surface area (Å²) in [6.45, 7) is 10.4. The second-order valence-electron chi connectivity index (χ2n) is 5.23. The highest BCUT2D eigenvalue weighted by atomic mass is 16.3. The minimum Gasteiger partial charge on any atom is -0.468 e. The van der Waals surface area contributed by atoms with Crippen LogP contribution in [0.5, 0.6) is 0 Å². The summed E-state index contributed by atoms with van der Waals surface area (Å²) in [6.07, 6.45) is 2.98. The van der Waals surface area contributed by atoms with Crippen LogP contribution < -0.4 is 5.32 Å². The van der Waals surface area contributed by atoms with E-state index >= 15 is 0 Å². The van der Waals surface area contributed by atoms with Gasteiger partial charge in [-0.05, 0) is 39.7 Å². The van der Waals surface area contributed by atoms with Gasteiger partial charge in [0.2, 0.25) is 0 Å². The Labute approximate surface area is 117 Å². The molecule has 110 valence electrons. The van der Waals surface area contributed by atoms with E-state index in [4.69, 9.17) is 4.42 Å². The summed E-state index contributed by atoms with van der Waals surface area (Å²) in [4.78, 5) is 4.69. The van der Waals surface area contributed by atoms with E-state index in [2.05, 4.69) is 49.1 Å². The summed E-state index contributed by atoms with van der Waals surface area (Å²) < 4.78 is 5.65. The molecule has 0 saturated heterocycles. The van der Waals surface area contributed by atoms with Crippen molar-refractivity contribution in [2.75, 3.05) is 40.3 Å². The van der Waals surface area contributed by atoms with Crippen molar-refractivity contribution in [2.45, 2.75) is 33.4 Å². The van der Waals surface area contributed by atoms with Gasteiger partial charge in [-0.2, -0.15) is 0 Å². The normalized spacial score (nSPS) is 11.7. The molecule has 4 nitrogen and oxygen atoms in total. The fraction of sp³-hybridized carbons (Fsp3) is 0.733. The summed E-state index contributed by atoms with van der Waals surface area (Å²) in [6, 6.07) is 2.08. The molecule has 0 amide bonds. The molecular weight excluding hydrogens is 238 g/mol. The smallest absolute Gasteiger partial charge is 0.122 e. The van der Waals surface area contributed by atoms with Crippen LogP contribution in [0.4, 0.5) is 0 Å². The van der Waals surface area contributed by atoms with E-state index < -0.39 is 0 Å². The lowest BCUT2D eigenvalue weighted by Gasteiger charge is -2.23. The number of hydrogen-bond donors (Lipinski definition) is 1. The molecule has 1 aromatic heterocycles. The number of hydrogen-bond acceptors (Lipinski definition) is 4. The van der Waals surface area contributed by atoms with Crippen molar-refractivity contribution in [2.24, 2.45) is 0 Å². The monoisotopic (exact) mass is 267 g/mol. The maximum atomic E-state index is 5.65. The summed E-state index contributed by atoms with van der Waals surface area (Å²) in [5.41, 5.74) is 1.29. The Balaban J connectivity index is 2.54. The Morgan fingerprint density at radius 1 is 1.16 bits per heavy atom. The Hall–Kier alpha value is -0.840. The molecule has 0 aliphatic rings. The van der Waals surface area contributed by atoms with Crippen molar-refractivity contribution >= 4 is 0 Å². The van der Waals surface area contributed by atoms with Crippen LogP contribution >= 0.6 is 0 Å². The van der Waals surface area contributed by atoms with Gasteiger partial charge in [-0.1, -0.05) is 13.8 Å². The minimum atomic E-state index is 0.899. The van der Waals surface area contributed by atoms with Crippen molar-refractivity contribution in [1.82, 2.24) is 15.1 Å². The Morgan fingerprint density at radius 2 is 1.95 bits per heavy atom. The first-order chi connectivity index (χ1) is 9.17. The molecule has 19 heavy (non-hydrogen) atoms. The van der Waals surface area contributed by atoms with Gasteiger partial charge in [0.15, 0.2) is 0 Å². The fourth-order valence-electron chi connectivity index (χ4n) is 2.05. The van der Waals surface area contributed by atoms with Crippen molar-refractivity contribution in [1.29, 1.82) is 0 Å². The van der Waals surface area contributed by atoms with Crippen molar-refractivity contribution in [3.8, 4) is 0 Å². The largest absolute Gasteiger partial charge is 0.468 e. The Kier molecular flexibility index (Phi) is 7.79. The van der Waals surface area contributed by atoms with Crippen LogP contribution in [0, 0.1) is 0 Å². The lowest BCUT2D eigenvalue weighted by atomic mass is 10.2. The van der Waals surface area contributed by atoms with Gasteiger partial charge in [0.05, 0.1) is 12.8 Å². The topological polar surface area (TPSA) is 31.6 Å². The number of likely N-dealkylation sites (N-methyl/N-ethyl adjacent to an activating group) is 1. The van der Waals surface area contributed by atoms with E-state index in [-0.39, 0.29) is 0 Å². The molecule has 0 atom stereocenters. The molecule has 1 N–H and O–H groups in total. The van der Waals surface area contributed by atoms with E-state index in [9.17, 15) is 0 Å². The van der Waals surface area contributed by atoms with Crippen LogP contribution in [0.1, 0.15) is 31.6 Å². The third-order valence-electron chi connectivity index (χ3n) is 3.17. The average Bonchev–Trinajstić information content (AvgIpc) is 2.81. The molecule has 0 bridgehead atoms. The summed E-state index contributed by atoms with van der Waals surface area (Å²) in [7, 11) is 4.24. The number of rotatable bonds is 10. The van der Waals surface area contributed by atoms with Crippen molar-refractivity contribution in [3.63, 3.8) is 0 Å². The third kappa shape index (κ3) is 6.23.